The van der Waals surface area contributed by atoms with E-state index in [1.165, 1.54) is 0 Å². The smallest absolute Gasteiger partial charge is 0.236 e. The molecule has 0 aromatic heterocycles. The van der Waals surface area contributed by atoms with Crippen LogP contribution < -0.4 is 14.4 Å². The van der Waals surface area contributed by atoms with E-state index in [1.807, 2.05) is 39.0 Å². The van der Waals surface area contributed by atoms with Crippen LogP contribution in [0.25, 0.3) is 0 Å². The number of benzene rings is 2. The fourth-order valence-corrected chi connectivity index (χ4v) is 4.43. The van der Waals surface area contributed by atoms with Crippen molar-refractivity contribution in [2.45, 2.75) is 26.5 Å². The van der Waals surface area contributed by atoms with E-state index in [0.29, 0.717) is 29.2 Å². The van der Waals surface area contributed by atoms with Crippen molar-refractivity contribution in [3.8, 4) is 5.75 Å². The van der Waals surface area contributed by atoms with Crippen LogP contribution in [0, 0.1) is 12.3 Å². The number of ether oxygens (including phenoxy) is 1. The Labute approximate surface area is 172 Å². The summed E-state index contributed by atoms with van der Waals surface area (Å²) >= 11 is 0. The van der Waals surface area contributed by atoms with Crippen LogP contribution in [-0.2, 0) is 20.6 Å². The summed E-state index contributed by atoms with van der Waals surface area (Å²) in [5, 5.41) is 0. The zero-order valence-corrected chi connectivity index (χ0v) is 17.8. The van der Waals surface area contributed by atoms with Gasteiger partial charge in [-0.25, -0.2) is 8.42 Å². The zero-order chi connectivity index (χ0) is 21.2. The van der Waals surface area contributed by atoms with Gasteiger partial charge in [-0.2, -0.15) is 0 Å². The molecule has 0 bridgehead atoms. The number of carbonyl (C=O) groups is 1. The van der Waals surface area contributed by atoms with E-state index in [4.69, 9.17) is 4.74 Å². The largest absolute Gasteiger partial charge is 0.490 e. The highest BCUT2D eigenvalue weighted by molar-refractivity contribution is 7.91. The number of aryl methyl sites for hydroxylation is 1. The van der Waals surface area contributed by atoms with Gasteiger partial charge in [-0.3, -0.25) is 9.52 Å². The van der Waals surface area contributed by atoms with Gasteiger partial charge >= 0.3 is 0 Å². The van der Waals surface area contributed by atoms with Gasteiger partial charge in [-0.15, -0.1) is 6.58 Å². The maximum Gasteiger partial charge on any atom is 0.236 e. The molecule has 0 fully saturated rings. The Morgan fingerprint density at radius 1 is 1.24 bits per heavy atom. The van der Waals surface area contributed by atoms with Crippen LogP contribution in [0.5, 0.6) is 5.75 Å². The zero-order valence-electron chi connectivity index (χ0n) is 16.9. The number of sulfonamides is 1. The first-order valence-corrected chi connectivity index (χ1v) is 11.0. The molecule has 29 heavy (non-hydrogen) atoms. The van der Waals surface area contributed by atoms with Crippen LogP contribution >= 0.6 is 0 Å². The van der Waals surface area contributed by atoms with Crippen molar-refractivity contribution in [1.82, 2.24) is 0 Å². The molecule has 0 saturated carbocycles. The third-order valence-corrected chi connectivity index (χ3v) is 5.95. The second-order valence-electron chi connectivity index (χ2n) is 7.91. The maximum atomic E-state index is 12.9. The molecule has 1 amide bonds. The highest BCUT2D eigenvalue weighted by atomic mass is 32.2. The van der Waals surface area contributed by atoms with Crippen LogP contribution in [0.2, 0.25) is 0 Å². The molecule has 0 spiro atoms. The Morgan fingerprint density at radius 3 is 2.69 bits per heavy atom. The molecule has 0 aliphatic carbocycles. The van der Waals surface area contributed by atoms with Crippen molar-refractivity contribution < 1.29 is 17.9 Å². The van der Waals surface area contributed by atoms with Gasteiger partial charge in [0.1, 0.15) is 12.4 Å². The second kappa shape index (κ2) is 7.91. The number of hydrogen-bond donors (Lipinski definition) is 1. The average molecular weight is 415 g/mol. The van der Waals surface area contributed by atoms with Crippen LogP contribution in [0.1, 0.15) is 25.0 Å². The Hall–Kier alpha value is -2.80. The van der Waals surface area contributed by atoms with Gasteiger partial charge < -0.3 is 9.64 Å². The summed E-state index contributed by atoms with van der Waals surface area (Å²) in [4.78, 5) is 14.5. The molecular weight excluding hydrogens is 388 g/mol. The molecule has 0 atom stereocenters. The molecule has 1 heterocycles. The predicted octanol–water partition coefficient (Wildman–Crippen LogP) is 3.87. The normalized spacial score (nSPS) is 15.8. The third kappa shape index (κ3) is 4.79. The minimum absolute atomic E-state index is 0.0658. The Morgan fingerprint density at radius 2 is 2.00 bits per heavy atom. The molecule has 6 nitrogen and oxygen atoms in total. The standard InChI is InChI=1S/C22H26N2O4S/c1-5-11-24-19-10-9-18(13-20(19)28-15-22(3,4)21(24)25)23-29(26,27)14-17-8-6-7-16(2)12-17/h5-10,12-13,23H,1,11,14-15H2,2-4H3. The van der Waals surface area contributed by atoms with Crippen LogP contribution in [0.15, 0.2) is 55.1 Å². The highest BCUT2D eigenvalue weighted by Gasteiger charge is 2.37. The van der Waals surface area contributed by atoms with E-state index in [-0.39, 0.29) is 18.3 Å². The van der Waals surface area contributed by atoms with E-state index < -0.39 is 15.4 Å². The topological polar surface area (TPSA) is 75.7 Å². The summed E-state index contributed by atoms with van der Waals surface area (Å²) in [5.41, 5.74) is 2.01. The number of hydrogen-bond acceptors (Lipinski definition) is 4. The lowest BCUT2D eigenvalue weighted by Gasteiger charge is -2.27. The van der Waals surface area contributed by atoms with E-state index in [1.54, 1.807) is 35.2 Å². The number of carbonyl (C=O) groups excluding carboxylic acids is 1. The number of fused-ring (bicyclic) bond motifs is 1. The Balaban J connectivity index is 1.87. The van der Waals surface area contributed by atoms with Gasteiger partial charge in [-0.1, -0.05) is 35.9 Å². The van der Waals surface area contributed by atoms with Crippen molar-refractivity contribution in [3.05, 3.63) is 66.2 Å². The molecule has 3 rings (SSSR count). The lowest BCUT2D eigenvalue weighted by molar-refractivity contribution is -0.127. The fourth-order valence-electron chi connectivity index (χ4n) is 3.26. The fraction of sp³-hybridized carbons (Fsp3) is 0.318. The number of nitrogens with zero attached hydrogens (tertiary/aromatic N) is 1. The summed E-state index contributed by atoms with van der Waals surface area (Å²) in [5.74, 6) is 0.270. The molecule has 0 unspecified atom stereocenters. The minimum Gasteiger partial charge on any atom is -0.490 e. The van der Waals surface area contributed by atoms with Gasteiger partial charge in [0, 0.05) is 12.6 Å². The summed E-state index contributed by atoms with van der Waals surface area (Å²) in [6, 6.07) is 12.3. The van der Waals surface area contributed by atoms with Crippen LogP contribution in [0.3, 0.4) is 0 Å². The van der Waals surface area contributed by atoms with Crippen molar-refractivity contribution in [1.29, 1.82) is 0 Å². The number of amides is 1. The van der Waals surface area contributed by atoms with Crippen molar-refractivity contribution >= 4 is 27.3 Å². The predicted molar refractivity (Wildman–Crippen MR) is 116 cm³/mol. The van der Waals surface area contributed by atoms with E-state index in [0.717, 1.165) is 5.56 Å². The molecule has 0 saturated heterocycles. The van der Waals surface area contributed by atoms with Crippen molar-refractivity contribution in [2.24, 2.45) is 5.41 Å². The van der Waals surface area contributed by atoms with E-state index in [2.05, 4.69) is 11.3 Å². The highest BCUT2D eigenvalue weighted by Crippen LogP contribution is 2.38. The molecule has 1 aliphatic heterocycles. The van der Waals surface area contributed by atoms with Crippen molar-refractivity contribution in [3.63, 3.8) is 0 Å². The first-order chi connectivity index (χ1) is 13.6. The van der Waals surface area contributed by atoms with Gasteiger partial charge in [-0.05, 0) is 38.5 Å². The van der Waals surface area contributed by atoms with Gasteiger partial charge in [0.25, 0.3) is 0 Å². The lowest BCUT2D eigenvalue weighted by atomic mass is 9.93. The minimum atomic E-state index is -3.60. The van der Waals surface area contributed by atoms with Crippen molar-refractivity contribution in [2.75, 3.05) is 22.8 Å². The molecule has 1 N–H and O–H groups in total. The Bertz CT molecular complexity index is 1040. The maximum absolute atomic E-state index is 12.9. The molecule has 0 radical (unpaired) electrons. The third-order valence-electron chi connectivity index (χ3n) is 4.69. The lowest BCUT2D eigenvalue weighted by Crippen LogP contribution is -2.42. The van der Waals surface area contributed by atoms with E-state index >= 15 is 0 Å². The molecule has 2 aromatic rings. The summed E-state index contributed by atoms with van der Waals surface area (Å²) in [6.07, 6.45) is 1.65. The first kappa shape index (κ1) is 20.9. The molecule has 154 valence electrons. The van der Waals surface area contributed by atoms with Crippen LogP contribution in [-0.4, -0.2) is 27.5 Å². The summed E-state index contributed by atoms with van der Waals surface area (Å²) in [6.45, 7) is 9.84. The summed E-state index contributed by atoms with van der Waals surface area (Å²) < 4.78 is 33.7. The van der Waals surface area contributed by atoms with Gasteiger partial charge in [0.2, 0.25) is 15.9 Å². The molecule has 2 aromatic carbocycles. The van der Waals surface area contributed by atoms with Gasteiger partial charge in [0.15, 0.2) is 0 Å². The second-order valence-corrected chi connectivity index (χ2v) is 9.63. The quantitative estimate of drug-likeness (QED) is 0.728. The first-order valence-electron chi connectivity index (χ1n) is 9.37. The van der Waals surface area contributed by atoms with Crippen LogP contribution in [0.4, 0.5) is 11.4 Å². The molecular formula is C22H26N2O4S. The number of nitrogens with one attached hydrogen (secondary N) is 1. The monoisotopic (exact) mass is 414 g/mol. The van der Waals surface area contributed by atoms with E-state index in [9.17, 15) is 13.2 Å². The molecule has 7 heteroatoms. The summed E-state index contributed by atoms with van der Waals surface area (Å²) in [7, 11) is -3.60. The SMILES string of the molecule is C=CCN1C(=O)C(C)(C)COc2cc(NS(=O)(=O)Cc3cccc(C)c3)ccc21. The number of anilines is 2. The van der Waals surface area contributed by atoms with Gasteiger partial charge in [0.05, 0.1) is 22.5 Å². The Kier molecular flexibility index (Phi) is 5.71. The molecule has 1 aliphatic rings. The average Bonchev–Trinajstić information content (AvgIpc) is 2.71. The number of rotatable bonds is 6.